The molecule has 0 aromatic rings. The fraction of sp³-hybridized carbons (Fsp3) is 1.00. The minimum absolute atomic E-state index is 0.256. The van der Waals surface area contributed by atoms with E-state index in [9.17, 15) is 28.7 Å². The molecule has 1 rings (SSSR count). The smallest absolute Gasteiger partial charge is 0.328 e. The van der Waals surface area contributed by atoms with E-state index in [4.69, 9.17) is 18.9 Å². The molecule has 0 radical (unpaired) electrons. The summed E-state index contributed by atoms with van der Waals surface area (Å²) in [5, 5.41) is 0. The second-order valence-corrected chi connectivity index (χ2v) is 28.7. The average Bonchev–Trinajstić information content (AvgIpc) is 3.42. The van der Waals surface area contributed by atoms with Gasteiger partial charge < -0.3 is 38.5 Å². The SMILES string of the molecule is O=P(O)(O)CC1COCCCCCCCCCCCCCCCCCCCCCCCCCCCCCCCCOC[C@@H](CP(=O)(O)O)OCCCCCCCCCCCCCCCCCCCCCCCCCCCCCCO1. The molecule has 1 saturated heterocycles. The number of rotatable bonds is 4. The summed E-state index contributed by atoms with van der Waals surface area (Å²) in [6.45, 7) is 2.92. The summed E-state index contributed by atoms with van der Waals surface area (Å²) in [6, 6.07) is 0. The van der Waals surface area contributed by atoms with Crippen molar-refractivity contribution in [3.05, 3.63) is 0 Å². The molecule has 0 bridgehead atoms. The van der Waals surface area contributed by atoms with E-state index in [2.05, 4.69) is 0 Å². The molecule has 0 aliphatic carbocycles. The summed E-state index contributed by atoms with van der Waals surface area (Å²) in [4.78, 5) is 38.4. The van der Waals surface area contributed by atoms with Crippen molar-refractivity contribution in [3.8, 4) is 0 Å². The predicted octanol–water partition coefficient (Wildman–Crippen LogP) is 21.8. The van der Waals surface area contributed by atoms with Gasteiger partial charge in [0.15, 0.2) is 0 Å². The fourth-order valence-corrected chi connectivity index (χ4v) is 13.4. The van der Waals surface area contributed by atoms with Gasteiger partial charge in [-0.3, -0.25) is 9.13 Å². The maximum Gasteiger partial charge on any atom is 0.328 e. The number of hydrogen-bond donors (Lipinski definition) is 4. The van der Waals surface area contributed by atoms with Gasteiger partial charge in [-0.1, -0.05) is 347 Å². The van der Waals surface area contributed by atoms with E-state index in [-0.39, 0.29) is 25.5 Å². The molecule has 10 nitrogen and oxygen atoms in total. The molecule has 4 N–H and O–H groups in total. The van der Waals surface area contributed by atoms with Gasteiger partial charge in [0.25, 0.3) is 0 Å². The molecule has 0 aromatic heterocycles. The lowest BCUT2D eigenvalue weighted by molar-refractivity contribution is -0.00900. The van der Waals surface area contributed by atoms with Crippen LogP contribution in [0.4, 0.5) is 0 Å². The lowest BCUT2D eigenvalue weighted by atomic mass is 10.0. The van der Waals surface area contributed by atoms with Gasteiger partial charge in [-0.25, -0.2) is 0 Å². The van der Waals surface area contributed by atoms with Crippen LogP contribution in [0.5, 0.6) is 0 Å². The first-order chi connectivity index (χ1) is 39.2. The minimum atomic E-state index is -4.15. The second kappa shape index (κ2) is 62.2. The minimum Gasteiger partial charge on any atom is -0.379 e. The normalized spacial score (nSPS) is 24.8. The van der Waals surface area contributed by atoms with E-state index in [1.165, 1.54) is 321 Å². The van der Waals surface area contributed by atoms with Gasteiger partial charge in [0.1, 0.15) is 0 Å². The molecule has 1 aliphatic rings. The van der Waals surface area contributed by atoms with Crippen molar-refractivity contribution in [2.45, 2.75) is 385 Å². The standard InChI is InChI=1S/C68H138O10P2/c69-79(70,71)65-67-63-75-59-55-51-47-43-39-35-31-27-23-19-15-11-7-3-1-2-4-8-12-16-20-24-28-32-36-40-44-48-52-56-60-76-64-68(66-80(72,73)74)78-62-58-54-50-46-42-38-34-30-26-22-18-14-10-6-5-9-13-17-21-25-29-33-37-41-45-49-53-57-61-77-67/h67-68H,1-66H2,(H2,69,70,71)(H2,72,73,74)/t67-,68?/m0/s1. The van der Waals surface area contributed by atoms with Gasteiger partial charge in [-0.15, -0.1) is 0 Å². The van der Waals surface area contributed by atoms with Crippen LogP contribution in [-0.2, 0) is 28.1 Å². The van der Waals surface area contributed by atoms with Crippen LogP contribution >= 0.6 is 15.2 Å². The highest BCUT2D eigenvalue weighted by Crippen LogP contribution is 2.37. The van der Waals surface area contributed by atoms with Crippen molar-refractivity contribution in [3.63, 3.8) is 0 Å². The van der Waals surface area contributed by atoms with Crippen molar-refractivity contribution in [1.29, 1.82) is 0 Å². The third-order valence-electron chi connectivity index (χ3n) is 17.1. The highest BCUT2D eigenvalue weighted by Gasteiger charge is 2.23. The lowest BCUT2D eigenvalue weighted by Gasteiger charge is -2.19. The molecule has 0 saturated carbocycles. The number of ether oxygens (including phenoxy) is 4. The van der Waals surface area contributed by atoms with Crippen molar-refractivity contribution in [2.24, 2.45) is 0 Å². The summed E-state index contributed by atoms with van der Waals surface area (Å²) >= 11 is 0. The van der Waals surface area contributed by atoms with E-state index < -0.39 is 27.4 Å². The molecule has 480 valence electrons. The molecule has 0 amide bonds. The van der Waals surface area contributed by atoms with E-state index in [1.807, 2.05) is 0 Å². The monoisotopic (exact) mass is 1180 g/mol. The van der Waals surface area contributed by atoms with Crippen LogP contribution in [0.3, 0.4) is 0 Å². The summed E-state index contributed by atoms with van der Waals surface area (Å²) in [5.41, 5.74) is 0. The van der Waals surface area contributed by atoms with Crippen LogP contribution in [-0.4, -0.2) is 83.7 Å². The zero-order valence-corrected chi connectivity index (χ0v) is 54.7. The Morgan fingerprint density at radius 1 is 0.212 bits per heavy atom. The quantitative estimate of drug-likeness (QED) is 0.200. The van der Waals surface area contributed by atoms with Crippen LogP contribution in [0.1, 0.15) is 372 Å². The Morgan fingerprint density at radius 3 is 0.475 bits per heavy atom. The molecule has 1 fully saturated rings. The Balaban J connectivity index is 2.23. The number of hydrogen-bond acceptors (Lipinski definition) is 6. The molecule has 2 atom stereocenters. The topological polar surface area (TPSA) is 152 Å². The molecule has 80 heavy (non-hydrogen) atoms. The third-order valence-corrected chi connectivity index (χ3v) is 18.8. The highest BCUT2D eigenvalue weighted by atomic mass is 31.2. The Morgan fingerprint density at radius 2 is 0.338 bits per heavy atom. The summed E-state index contributed by atoms with van der Waals surface area (Å²) in [7, 11) is -8.30. The van der Waals surface area contributed by atoms with Crippen molar-refractivity contribution in [2.75, 3.05) is 52.0 Å². The first kappa shape index (κ1) is 78.2. The van der Waals surface area contributed by atoms with Crippen molar-refractivity contribution in [1.82, 2.24) is 0 Å². The van der Waals surface area contributed by atoms with Gasteiger partial charge in [0.2, 0.25) is 0 Å². The molecular weight excluding hydrogens is 1040 g/mol. The zero-order chi connectivity index (χ0) is 57.7. The van der Waals surface area contributed by atoms with Crippen LogP contribution in [0.15, 0.2) is 0 Å². The van der Waals surface area contributed by atoms with Crippen LogP contribution in [0.2, 0.25) is 0 Å². The molecule has 0 spiro atoms. The van der Waals surface area contributed by atoms with Crippen molar-refractivity contribution < 1.29 is 47.7 Å². The largest absolute Gasteiger partial charge is 0.379 e. The van der Waals surface area contributed by atoms with E-state index in [1.54, 1.807) is 0 Å². The summed E-state index contributed by atoms with van der Waals surface area (Å²) in [5.74, 6) is 0. The first-order valence-corrected chi connectivity index (χ1v) is 39.2. The molecule has 1 unspecified atom stereocenters. The van der Waals surface area contributed by atoms with Crippen LogP contribution < -0.4 is 0 Å². The molecule has 1 heterocycles. The van der Waals surface area contributed by atoms with Crippen LogP contribution in [0, 0.1) is 0 Å². The van der Waals surface area contributed by atoms with Gasteiger partial charge in [0, 0.05) is 26.4 Å². The highest BCUT2D eigenvalue weighted by molar-refractivity contribution is 7.52. The first-order valence-electron chi connectivity index (χ1n) is 35.6. The summed E-state index contributed by atoms with van der Waals surface area (Å²) < 4.78 is 47.1. The Kier molecular flexibility index (Phi) is 60.8. The van der Waals surface area contributed by atoms with Gasteiger partial charge in [-0.05, 0) is 25.7 Å². The Labute approximate surface area is 497 Å². The van der Waals surface area contributed by atoms with Gasteiger partial charge >= 0.3 is 15.2 Å². The van der Waals surface area contributed by atoms with Gasteiger partial charge in [0.05, 0.1) is 37.7 Å². The summed E-state index contributed by atoms with van der Waals surface area (Å²) in [6.07, 6.45) is 75.1. The predicted molar refractivity (Wildman–Crippen MR) is 343 cm³/mol. The van der Waals surface area contributed by atoms with Gasteiger partial charge in [-0.2, -0.15) is 0 Å². The van der Waals surface area contributed by atoms with E-state index >= 15 is 0 Å². The molecule has 12 heteroatoms. The lowest BCUT2D eigenvalue weighted by Crippen LogP contribution is -2.25. The second-order valence-electron chi connectivity index (χ2n) is 25.3. The van der Waals surface area contributed by atoms with Crippen molar-refractivity contribution >= 4 is 15.2 Å². The van der Waals surface area contributed by atoms with E-state index in [0.717, 1.165) is 51.4 Å². The Bertz CT molecular complexity index is 1200. The van der Waals surface area contributed by atoms with E-state index in [0.29, 0.717) is 26.4 Å². The molecule has 0 aromatic carbocycles. The maximum absolute atomic E-state index is 11.8. The maximum atomic E-state index is 11.8. The molecule has 1 aliphatic heterocycles. The Hall–Kier alpha value is 0.140. The van der Waals surface area contributed by atoms with Crippen LogP contribution in [0.25, 0.3) is 0 Å². The zero-order valence-electron chi connectivity index (χ0n) is 53.0. The average molecular weight is 1180 g/mol. The third kappa shape index (κ3) is 65.7. The molecular formula is C68H138O10P2. The fourth-order valence-electron chi connectivity index (χ4n) is 11.9.